The van der Waals surface area contributed by atoms with Gasteiger partial charge in [0.2, 0.25) is 0 Å². The zero-order valence-electron chi connectivity index (χ0n) is 12.8. The molecule has 0 bridgehead atoms. The van der Waals surface area contributed by atoms with Crippen LogP contribution in [-0.4, -0.2) is 26.6 Å². The number of aromatic nitrogens is 1. The Morgan fingerprint density at radius 1 is 1.12 bits per heavy atom. The Morgan fingerprint density at radius 2 is 1.96 bits per heavy atom. The molecule has 3 aromatic rings. The number of phenolic OH excluding ortho intramolecular Hbond substituents is 1. The van der Waals surface area contributed by atoms with E-state index in [1.54, 1.807) is 6.07 Å². The number of aromatic amines is 1. The van der Waals surface area contributed by atoms with Crippen LogP contribution in [0.2, 0.25) is 10.0 Å². The van der Waals surface area contributed by atoms with Crippen molar-refractivity contribution >= 4 is 34.1 Å². The molecule has 0 aliphatic carbocycles. The number of fused-ring (bicyclic) bond motifs is 3. The van der Waals surface area contributed by atoms with Gasteiger partial charge < -0.3 is 15.2 Å². The highest BCUT2D eigenvalue weighted by atomic mass is 35.5. The van der Waals surface area contributed by atoms with Gasteiger partial charge in [0.05, 0.1) is 5.02 Å². The Bertz CT molecular complexity index is 923. The van der Waals surface area contributed by atoms with Crippen molar-refractivity contribution < 1.29 is 10.2 Å². The van der Waals surface area contributed by atoms with E-state index in [9.17, 15) is 10.2 Å². The van der Waals surface area contributed by atoms with E-state index in [0.29, 0.717) is 23.7 Å². The van der Waals surface area contributed by atoms with E-state index in [2.05, 4.69) is 4.98 Å². The van der Waals surface area contributed by atoms with Gasteiger partial charge in [-0.3, -0.25) is 4.90 Å². The SMILES string of the molecule is Oc1ccc(C(O)N2CCc3c([nH]c4ccc(Cl)cc34)C2)c(Cl)c1. The third kappa shape index (κ3) is 2.66. The van der Waals surface area contributed by atoms with E-state index in [1.807, 2.05) is 23.1 Å². The molecule has 2 aromatic carbocycles. The van der Waals surface area contributed by atoms with Crippen molar-refractivity contribution in [3.63, 3.8) is 0 Å². The van der Waals surface area contributed by atoms with Crippen LogP contribution in [0, 0.1) is 0 Å². The van der Waals surface area contributed by atoms with Gasteiger partial charge in [-0.1, -0.05) is 23.2 Å². The average molecular weight is 363 g/mol. The van der Waals surface area contributed by atoms with Crippen LogP contribution >= 0.6 is 23.2 Å². The fourth-order valence-corrected chi connectivity index (χ4v) is 3.81. The summed E-state index contributed by atoms with van der Waals surface area (Å²) in [5.74, 6) is 0.0874. The lowest BCUT2D eigenvalue weighted by molar-refractivity contribution is -0.00832. The first-order valence-electron chi connectivity index (χ1n) is 7.72. The Morgan fingerprint density at radius 3 is 2.75 bits per heavy atom. The largest absolute Gasteiger partial charge is 0.508 e. The number of halogens is 2. The van der Waals surface area contributed by atoms with Crippen molar-refractivity contribution in [2.24, 2.45) is 0 Å². The minimum absolute atomic E-state index is 0.0874. The summed E-state index contributed by atoms with van der Waals surface area (Å²) in [6, 6.07) is 10.5. The number of rotatable bonds is 2. The molecule has 1 unspecified atom stereocenters. The fraction of sp³-hybridized carbons (Fsp3) is 0.222. The van der Waals surface area contributed by atoms with Crippen LogP contribution in [0.15, 0.2) is 36.4 Å². The second-order valence-corrected chi connectivity index (χ2v) is 6.92. The highest BCUT2D eigenvalue weighted by Crippen LogP contribution is 2.34. The molecule has 0 saturated carbocycles. The van der Waals surface area contributed by atoms with Gasteiger partial charge in [0.15, 0.2) is 0 Å². The molecular weight excluding hydrogens is 347 g/mol. The van der Waals surface area contributed by atoms with Crippen molar-refractivity contribution in [2.75, 3.05) is 6.54 Å². The zero-order valence-corrected chi connectivity index (χ0v) is 14.3. The number of hydrogen-bond donors (Lipinski definition) is 3. The van der Waals surface area contributed by atoms with Crippen molar-refractivity contribution in [3.8, 4) is 5.75 Å². The molecule has 1 atom stereocenters. The quantitative estimate of drug-likeness (QED) is 0.639. The van der Waals surface area contributed by atoms with Crippen LogP contribution in [0.5, 0.6) is 5.75 Å². The monoisotopic (exact) mass is 362 g/mol. The summed E-state index contributed by atoms with van der Waals surface area (Å²) in [4.78, 5) is 5.37. The number of aliphatic hydroxyl groups excluding tert-OH is 1. The van der Waals surface area contributed by atoms with Crippen LogP contribution in [0.4, 0.5) is 0 Å². The first-order valence-corrected chi connectivity index (χ1v) is 8.48. The highest BCUT2D eigenvalue weighted by Gasteiger charge is 2.27. The van der Waals surface area contributed by atoms with Crippen LogP contribution in [0.1, 0.15) is 23.0 Å². The molecule has 3 N–H and O–H groups in total. The molecule has 1 aliphatic rings. The predicted octanol–water partition coefficient (Wildman–Crippen LogP) is 4.23. The molecule has 124 valence electrons. The molecule has 4 nitrogen and oxygen atoms in total. The molecule has 0 fully saturated rings. The third-order valence-electron chi connectivity index (χ3n) is 4.57. The van der Waals surface area contributed by atoms with E-state index in [-0.39, 0.29) is 5.75 Å². The van der Waals surface area contributed by atoms with Gasteiger partial charge in [-0.15, -0.1) is 0 Å². The van der Waals surface area contributed by atoms with E-state index in [1.165, 1.54) is 17.7 Å². The summed E-state index contributed by atoms with van der Waals surface area (Å²) in [6.07, 6.45) is 0.00358. The molecule has 4 rings (SSSR count). The van der Waals surface area contributed by atoms with Crippen molar-refractivity contribution in [1.29, 1.82) is 0 Å². The normalized spacial score (nSPS) is 16.3. The minimum atomic E-state index is -0.818. The molecule has 0 amide bonds. The number of hydrogen-bond acceptors (Lipinski definition) is 3. The summed E-state index contributed by atoms with van der Waals surface area (Å²) in [5, 5.41) is 22.4. The van der Waals surface area contributed by atoms with Crippen molar-refractivity contribution in [3.05, 3.63) is 63.3 Å². The standard InChI is InChI=1S/C18H16Cl2N2O2/c19-10-1-4-16-14(7-10)12-5-6-22(9-17(12)21-16)18(24)13-3-2-11(23)8-15(13)20/h1-4,7-8,18,21,23-24H,5-6,9H2. The Kier molecular flexibility index (Phi) is 3.93. The Hall–Kier alpha value is -1.72. The number of nitrogens with zero attached hydrogens (tertiary/aromatic N) is 1. The van der Waals surface area contributed by atoms with Gasteiger partial charge in [-0.05, 0) is 48.4 Å². The second-order valence-electron chi connectivity index (χ2n) is 6.07. The fourth-order valence-electron chi connectivity index (χ4n) is 3.36. The topological polar surface area (TPSA) is 59.5 Å². The first-order chi connectivity index (χ1) is 11.5. The maximum absolute atomic E-state index is 10.7. The van der Waals surface area contributed by atoms with Crippen molar-refractivity contribution in [1.82, 2.24) is 9.88 Å². The van der Waals surface area contributed by atoms with E-state index in [0.717, 1.165) is 28.0 Å². The van der Waals surface area contributed by atoms with Gasteiger partial charge in [0.25, 0.3) is 0 Å². The van der Waals surface area contributed by atoms with Gasteiger partial charge >= 0.3 is 0 Å². The summed E-state index contributed by atoms with van der Waals surface area (Å²) < 4.78 is 0. The lowest BCUT2D eigenvalue weighted by atomic mass is 10.0. The second kappa shape index (κ2) is 5.97. The van der Waals surface area contributed by atoms with Crippen LogP contribution < -0.4 is 0 Å². The van der Waals surface area contributed by atoms with Crippen LogP contribution in [-0.2, 0) is 13.0 Å². The number of aromatic hydroxyl groups is 1. The molecule has 2 heterocycles. The molecule has 6 heteroatoms. The molecule has 1 aromatic heterocycles. The zero-order chi connectivity index (χ0) is 16.8. The minimum Gasteiger partial charge on any atom is -0.508 e. The molecule has 0 saturated heterocycles. The van der Waals surface area contributed by atoms with Gasteiger partial charge in [-0.25, -0.2) is 0 Å². The molecule has 0 radical (unpaired) electrons. The number of H-pyrrole nitrogens is 1. The molecule has 1 aliphatic heterocycles. The predicted molar refractivity (Wildman–Crippen MR) is 95.5 cm³/mol. The summed E-state index contributed by atoms with van der Waals surface area (Å²) in [7, 11) is 0. The third-order valence-corrected chi connectivity index (χ3v) is 5.14. The molecule has 24 heavy (non-hydrogen) atoms. The maximum Gasteiger partial charge on any atom is 0.135 e. The van der Waals surface area contributed by atoms with E-state index < -0.39 is 6.23 Å². The summed E-state index contributed by atoms with van der Waals surface area (Å²) in [5.41, 5.74) is 4.00. The lowest BCUT2D eigenvalue weighted by Crippen LogP contribution is -2.34. The summed E-state index contributed by atoms with van der Waals surface area (Å²) in [6.45, 7) is 1.31. The van der Waals surface area contributed by atoms with E-state index in [4.69, 9.17) is 23.2 Å². The maximum atomic E-state index is 10.7. The molecule has 0 spiro atoms. The number of benzene rings is 2. The smallest absolute Gasteiger partial charge is 0.135 e. The Labute approximate surface area is 149 Å². The number of aliphatic hydroxyl groups is 1. The van der Waals surface area contributed by atoms with Crippen LogP contribution in [0.25, 0.3) is 10.9 Å². The number of phenols is 1. The highest BCUT2D eigenvalue weighted by molar-refractivity contribution is 6.31. The average Bonchev–Trinajstić information content (AvgIpc) is 2.91. The van der Waals surface area contributed by atoms with Crippen LogP contribution in [0.3, 0.4) is 0 Å². The summed E-state index contributed by atoms with van der Waals surface area (Å²) >= 11 is 12.3. The Balaban J connectivity index is 1.65. The van der Waals surface area contributed by atoms with Gasteiger partial charge in [0, 0.05) is 40.3 Å². The first kappa shape index (κ1) is 15.8. The number of nitrogens with one attached hydrogen (secondary N) is 1. The van der Waals surface area contributed by atoms with Gasteiger partial charge in [-0.2, -0.15) is 0 Å². The van der Waals surface area contributed by atoms with Crippen molar-refractivity contribution in [2.45, 2.75) is 19.2 Å². The molecular formula is C18H16Cl2N2O2. The van der Waals surface area contributed by atoms with E-state index >= 15 is 0 Å². The van der Waals surface area contributed by atoms with Gasteiger partial charge in [0.1, 0.15) is 12.0 Å². The lowest BCUT2D eigenvalue weighted by Gasteiger charge is -2.31.